The standard InChI is InChI=1S/C15H22N2O2S/c1-11-4-3-5-14(8-11)20-10-12-9-13(17(18)19)6-7-15(12)16-2/h6-7,9,11,14,16H,3-5,8,10H2,1-2H3. The van der Waals surface area contributed by atoms with Crippen LogP contribution < -0.4 is 5.32 Å². The van der Waals surface area contributed by atoms with Crippen LogP contribution in [0.15, 0.2) is 18.2 Å². The maximum atomic E-state index is 10.9. The molecule has 20 heavy (non-hydrogen) atoms. The highest BCUT2D eigenvalue weighted by Crippen LogP contribution is 2.35. The number of nitrogens with zero attached hydrogens (tertiary/aromatic N) is 1. The van der Waals surface area contributed by atoms with Gasteiger partial charge in [0.15, 0.2) is 0 Å². The van der Waals surface area contributed by atoms with Crippen LogP contribution in [0.2, 0.25) is 0 Å². The van der Waals surface area contributed by atoms with E-state index in [0.717, 1.165) is 22.9 Å². The molecule has 1 fully saturated rings. The SMILES string of the molecule is CNc1ccc([N+](=O)[O-])cc1CSC1CCCC(C)C1. The van der Waals surface area contributed by atoms with Crippen LogP contribution in [0.4, 0.5) is 11.4 Å². The number of hydrogen-bond donors (Lipinski definition) is 1. The molecule has 2 unspecified atom stereocenters. The lowest BCUT2D eigenvalue weighted by Gasteiger charge is -2.26. The van der Waals surface area contributed by atoms with Gasteiger partial charge >= 0.3 is 0 Å². The van der Waals surface area contributed by atoms with Crippen LogP contribution in [0.25, 0.3) is 0 Å². The molecule has 110 valence electrons. The molecule has 1 saturated carbocycles. The van der Waals surface area contributed by atoms with Gasteiger partial charge < -0.3 is 5.32 Å². The van der Waals surface area contributed by atoms with Gasteiger partial charge in [-0.1, -0.05) is 19.8 Å². The molecule has 0 aromatic heterocycles. The summed E-state index contributed by atoms with van der Waals surface area (Å²) >= 11 is 1.94. The van der Waals surface area contributed by atoms with Gasteiger partial charge in [0.1, 0.15) is 0 Å². The number of anilines is 1. The molecule has 0 amide bonds. The Labute approximate surface area is 124 Å². The molecule has 0 aliphatic heterocycles. The summed E-state index contributed by atoms with van der Waals surface area (Å²) in [5.41, 5.74) is 2.20. The summed E-state index contributed by atoms with van der Waals surface area (Å²) in [6, 6.07) is 5.06. The minimum absolute atomic E-state index is 0.177. The molecule has 1 aromatic rings. The minimum atomic E-state index is -0.323. The summed E-state index contributed by atoms with van der Waals surface area (Å²) in [4.78, 5) is 10.6. The molecule has 1 aliphatic rings. The number of thioether (sulfide) groups is 1. The molecular weight excluding hydrogens is 272 g/mol. The zero-order chi connectivity index (χ0) is 14.5. The van der Waals surface area contributed by atoms with Crippen molar-refractivity contribution < 1.29 is 4.92 Å². The molecule has 1 aliphatic carbocycles. The lowest BCUT2D eigenvalue weighted by Crippen LogP contribution is -2.15. The van der Waals surface area contributed by atoms with Gasteiger partial charge in [-0.2, -0.15) is 11.8 Å². The molecular formula is C15H22N2O2S. The third kappa shape index (κ3) is 3.88. The third-order valence-corrected chi connectivity index (χ3v) is 5.31. The lowest BCUT2D eigenvalue weighted by molar-refractivity contribution is -0.384. The van der Waals surface area contributed by atoms with Crippen LogP contribution in [0.5, 0.6) is 0 Å². The fourth-order valence-corrected chi connectivity index (χ4v) is 4.25. The zero-order valence-corrected chi connectivity index (χ0v) is 12.9. The molecule has 4 nitrogen and oxygen atoms in total. The van der Waals surface area contributed by atoms with Crippen LogP contribution in [0.1, 0.15) is 38.2 Å². The van der Waals surface area contributed by atoms with E-state index in [1.807, 2.05) is 18.8 Å². The lowest BCUT2D eigenvalue weighted by atomic mass is 9.91. The fourth-order valence-electron chi connectivity index (χ4n) is 2.79. The summed E-state index contributed by atoms with van der Waals surface area (Å²) in [6.45, 7) is 2.32. The topological polar surface area (TPSA) is 55.2 Å². The number of hydrogen-bond acceptors (Lipinski definition) is 4. The first-order valence-corrected chi connectivity index (χ1v) is 8.21. The first-order chi connectivity index (χ1) is 9.60. The molecule has 0 saturated heterocycles. The first-order valence-electron chi connectivity index (χ1n) is 7.17. The Morgan fingerprint density at radius 2 is 2.25 bits per heavy atom. The number of rotatable bonds is 5. The summed E-state index contributed by atoms with van der Waals surface area (Å²) in [5, 5.41) is 14.7. The van der Waals surface area contributed by atoms with Gasteiger partial charge in [0.2, 0.25) is 0 Å². The van der Waals surface area contributed by atoms with Crippen molar-refractivity contribution >= 4 is 23.1 Å². The summed E-state index contributed by atoms with van der Waals surface area (Å²) in [7, 11) is 1.86. The molecule has 5 heteroatoms. The van der Waals surface area contributed by atoms with Gasteiger partial charge in [-0.25, -0.2) is 0 Å². The Balaban J connectivity index is 2.03. The van der Waals surface area contributed by atoms with Crippen molar-refractivity contribution in [2.24, 2.45) is 5.92 Å². The average molecular weight is 294 g/mol. The number of nitrogens with one attached hydrogen (secondary N) is 1. The highest BCUT2D eigenvalue weighted by molar-refractivity contribution is 7.99. The fraction of sp³-hybridized carbons (Fsp3) is 0.600. The van der Waals surface area contributed by atoms with E-state index >= 15 is 0 Å². The summed E-state index contributed by atoms with van der Waals surface area (Å²) in [5.74, 6) is 1.66. The Morgan fingerprint density at radius 1 is 1.45 bits per heavy atom. The van der Waals surface area contributed by atoms with Crippen molar-refractivity contribution in [3.8, 4) is 0 Å². The molecule has 1 aromatic carbocycles. The third-order valence-electron chi connectivity index (χ3n) is 3.93. The van der Waals surface area contributed by atoms with Crippen LogP contribution in [-0.4, -0.2) is 17.2 Å². The smallest absolute Gasteiger partial charge is 0.269 e. The van der Waals surface area contributed by atoms with Crippen molar-refractivity contribution in [1.82, 2.24) is 0 Å². The maximum Gasteiger partial charge on any atom is 0.269 e. The zero-order valence-electron chi connectivity index (χ0n) is 12.1. The number of nitro benzene ring substituents is 1. The Hall–Kier alpha value is -1.23. The van der Waals surface area contributed by atoms with Gasteiger partial charge in [-0.15, -0.1) is 0 Å². The first kappa shape index (κ1) is 15.2. The van der Waals surface area contributed by atoms with E-state index in [1.54, 1.807) is 18.2 Å². The van der Waals surface area contributed by atoms with Crippen LogP contribution in [0, 0.1) is 16.0 Å². The summed E-state index contributed by atoms with van der Waals surface area (Å²) in [6.07, 6.45) is 5.20. The quantitative estimate of drug-likeness (QED) is 0.644. The van der Waals surface area contributed by atoms with Crippen molar-refractivity contribution in [3.05, 3.63) is 33.9 Å². The van der Waals surface area contributed by atoms with E-state index in [1.165, 1.54) is 25.7 Å². The average Bonchev–Trinajstić information content (AvgIpc) is 2.44. The van der Waals surface area contributed by atoms with Crippen molar-refractivity contribution in [2.75, 3.05) is 12.4 Å². The minimum Gasteiger partial charge on any atom is -0.388 e. The van der Waals surface area contributed by atoms with E-state index in [0.29, 0.717) is 5.25 Å². The van der Waals surface area contributed by atoms with E-state index < -0.39 is 0 Å². The van der Waals surface area contributed by atoms with Gasteiger partial charge in [0.25, 0.3) is 5.69 Å². The number of non-ortho nitro benzene ring substituents is 1. The normalized spacial score (nSPS) is 22.5. The van der Waals surface area contributed by atoms with E-state index in [9.17, 15) is 10.1 Å². The number of nitro groups is 1. The number of benzene rings is 1. The van der Waals surface area contributed by atoms with Gasteiger partial charge in [0, 0.05) is 35.9 Å². The largest absolute Gasteiger partial charge is 0.388 e. The second kappa shape index (κ2) is 6.97. The molecule has 0 radical (unpaired) electrons. The second-order valence-electron chi connectivity index (χ2n) is 5.55. The van der Waals surface area contributed by atoms with Crippen molar-refractivity contribution in [1.29, 1.82) is 0 Å². The molecule has 1 N–H and O–H groups in total. The van der Waals surface area contributed by atoms with Gasteiger partial charge in [0.05, 0.1) is 4.92 Å². The predicted molar refractivity (Wildman–Crippen MR) is 85.4 cm³/mol. The van der Waals surface area contributed by atoms with Gasteiger partial charge in [-0.05, 0) is 30.4 Å². The molecule has 2 rings (SSSR count). The van der Waals surface area contributed by atoms with E-state index in [2.05, 4.69) is 12.2 Å². The Morgan fingerprint density at radius 3 is 2.90 bits per heavy atom. The monoisotopic (exact) mass is 294 g/mol. The van der Waals surface area contributed by atoms with Crippen molar-refractivity contribution in [2.45, 2.75) is 43.6 Å². The van der Waals surface area contributed by atoms with Crippen LogP contribution >= 0.6 is 11.8 Å². The highest BCUT2D eigenvalue weighted by Gasteiger charge is 2.20. The molecule has 2 atom stereocenters. The van der Waals surface area contributed by atoms with E-state index in [-0.39, 0.29) is 10.6 Å². The molecule has 0 spiro atoms. The van der Waals surface area contributed by atoms with Crippen molar-refractivity contribution in [3.63, 3.8) is 0 Å². The maximum absolute atomic E-state index is 10.9. The highest BCUT2D eigenvalue weighted by atomic mass is 32.2. The summed E-state index contributed by atoms with van der Waals surface area (Å²) < 4.78 is 0. The molecule has 0 bridgehead atoms. The predicted octanol–water partition coefficient (Wildman–Crippen LogP) is 4.45. The van der Waals surface area contributed by atoms with E-state index in [4.69, 9.17) is 0 Å². The van der Waals surface area contributed by atoms with Gasteiger partial charge in [-0.3, -0.25) is 10.1 Å². The Bertz CT molecular complexity index is 479. The van der Waals surface area contributed by atoms with Crippen LogP contribution in [0.3, 0.4) is 0 Å². The van der Waals surface area contributed by atoms with Crippen LogP contribution in [-0.2, 0) is 5.75 Å². The Kier molecular flexibility index (Phi) is 5.29. The molecule has 0 heterocycles. The second-order valence-corrected chi connectivity index (χ2v) is 6.84.